The standard InChI is InChI=1S/C17H14FN3/c18-17-12(8-19)4-3-5-13(17)10-21-11-14(9-20)15-6-1-2-7-16(15)21/h1-7,11H,9-10,20H2. The Labute approximate surface area is 122 Å². The molecule has 3 nitrogen and oxygen atoms in total. The average molecular weight is 279 g/mol. The molecule has 0 saturated carbocycles. The minimum atomic E-state index is -0.452. The number of nitrogens with zero attached hydrogens (tertiary/aromatic N) is 2. The third-order valence-electron chi connectivity index (χ3n) is 3.63. The first-order valence-corrected chi connectivity index (χ1v) is 6.69. The molecule has 1 aromatic heterocycles. The largest absolute Gasteiger partial charge is 0.343 e. The fourth-order valence-corrected chi connectivity index (χ4v) is 2.59. The maximum absolute atomic E-state index is 14.2. The Bertz CT molecular complexity index is 843. The van der Waals surface area contributed by atoms with Gasteiger partial charge in [0.05, 0.1) is 12.1 Å². The second-order valence-corrected chi connectivity index (χ2v) is 4.89. The number of nitriles is 1. The summed E-state index contributed by atoms with van der Waals surface area (Å²) in [6, 6.07) is 14.7. The highest BCUT2D eigenvalue weighted by molar-refractivity contribution is 5.84. The molecule has 0 bridgehead atoms. The topological polar surface area (TPSA) is 54.7 Å². The second kappa shape index (κ2) is 5.39. The molecule has 0 saturated heterocycles. The Morgan fingerprint density at radius 2 is 1.90 bits per heavy atom. The van der Waals surface area contributed by atoms with Gasteiger partial charge in [0.25, 0.3) is 0 Å². The van der Waals surface area contributed by atoms with Crippen LogP contribution in [-0.4, -0.2) is 4.57 Å². The van der Waals surface area contributed by atoms with E-state index in [1.54, 1.807) is 12.1 Å². The Balaban J connectivity index is 2.09. The molecule has 3 rings (SSSR count). The van der Waals surface area contributed by atoms with Crippen molar-refractivity contribution in [3.63, 3.8) is 0 Å². The zero-order valence-corrected chi connectivity index (χ0v) is 11.4. The van der Waals surface area contributed by atoms with Crippen LogP contribution in [0.15, 0.2) is 48.7 Å². The minimum Gasteiger partial charge on any atom is -0.343 e. The minimum absolute atomic E-state index is 0.0722. The van der Waals surface area contributed by atoms with Crippen molar-refractivity contribution >= 4 is 10.9 Å². The molecule has 0 spiro atoms. The predicted octanol–water partition coefficient (Wildman–Crippen LogP) is 3.16. The second-order valence-electron chi connectivity index (χ2n) is 4.89. The number of aromatic nitrogens is 1. The van der Waals surface area contributed by atoms with Gasteiger partial charge in [0.1, 0.15) is 11.9 Å². The number of nitrogens with two attached hydrogens (primary N) is 1. The SMILES string of the molecule is N#Cc1cccc(Cn2cc(CN)c3ccccc32)c1F. The zero-order valence-electron chi connectivity index (χ0n) is 11.4. The van der Waals surface area contributed by atoms with Gasteiger partial charge in [-0.1, -0.05) is 30.3 Å². The van der Waals surface area contributed by atoms with Crippen molar-refractivity contribution in [2.75, 3.05) is 0 Å². The van der Waals surface area contributed by atoms with Crippen LogP contribution in [-0.2, 0) is 13.1 Å². The molecule has 2 N–H and O–H groups in total. The van der Waals surface area contributed by atoms with Crippen LogP contribution in [0.25, 0.3) is 10.9 Å². The van der Waals surface area contributed by atoms with Crippen molar-refractivity contribution < 1.29 is 4.39 Å². The molecule has 104 valence electrons. The summed E-state index contributed by atoms with van der Waals surface area (Å²) in [7, 11) is 0. The number of para-hydroxylation sites is 1. The molecule has 4 heteroatoms. The first-order valence-electron chi connectivity index (χ1n) is 6.69. The highest BCUT2D eigenvalue weighted by Gasteiger charge is 2.11. The van der Waals surface area contributed by atoms with E-state index in [-0.39, 0.29) is 5.56 Å². The summed E-state index contributed by atoms with van der Waals surface area (Å²) >= 11 is 0. The summed E-state index contributed by atoms with van der Waals surface area (Å²) in [6.07, 6.45) is 1.95. The van der Waals surface area contributed by atoms with Crippen molar-refractivity contribution in [2.45, 2.75) is 13.1 Å². The molecular formula is C17H14FN3. The molecule has 21 heavy (non-hydrogen) atoms. The lowest BCUT2D eigenvalue weighted by Crippen LogP contribution is -2.02. The molecule has 0 aliphatic rings. The first kappa shape index (κ1) is 13.3. The molecule has 0 amide bonds. The third-order valence-corrected chi connectivity index (χ3v) is 3.63. The van der Waals surface area contributed by atoms with E-state index in [9.17, 15) is 4.39 Å². The van der Waals surface area contributed by atoms with E-state index in [2.05, 4.69) is 0 Å². The van der Waals surface area contributed by atoms with Crippen LogP contribution >= 0.6 is 0 Å². The van der Waals surface area contributed by atoms with Crippen LogP contribution in [0.5, 0.6) is 0 Å². The number of halogens is 1. The zero-order chi connectivity index (χ0) is 14.8. The Kier molecular flexibility index (Phi) is 3.43. The first-order chi connectivity index (χ1) is 10.2. The van der Waals surface area contributed by atoms with Gasteiger partial charge in [-0.25, -0.2) is 4.39 Å². The van der Waals surface area contributed by atoms with E-state index in [4.69, 9.17) is 11.0 Å². The van der Waals surface area contributed by atoms with E-state index in [1.807, 2.05) is 41.1 Å². The van der Waals surface area contributed by atoms with Crippen molar-refractivity contribution in [1.82, 2.24) is 4.57 Å². The van der Waals surface area contributed by atoms with E-state index in [0.29, 0.717) is 18.7 Å². The normalized spacial score (nSPS) is 10.7. The van der Waals surface area contributed by atoms with Crippen LogP contribution in [0.3, 0.4) is 0 Å². The molecule has 0 radical (unpaired) electrons. The monoisotopic (exact) mass is 279 g/mol. The van der Waals surface area contributed by atoms with Gasteiger partial charge < -0.3 is 10.3 Å². The van der Waals surface area contributed by atoms with Crippen molar-refractivity contribution in [2.24, 2.45) is 5.73 Å². The summed E-state index contributed by atoms with van der Waals surface area (Å²) < 4.78 is 16.2. The fourth-order valence-electron chi connectivity index (χ4n) is 2.59. The Morgan fingerprint density at radius 3 is 2.67 bits per heavy atom. The molecular weight excluding hydrogens is 265 g/mol. The van der Waals surface area contributed by atoms with Crippen LogP contribution in [0.1, 0.15) is 16.7 Å². The molecule has 1 heterocycles. The van der Waals surface area contributed by atoms with E-state index < -0.39 is 5.82 Å². The number of rotatable bonds is 3. The molecule has 0 fully saturated rings. The van der Waals surface area contributed by atoms with Gasteiger partial charge in [-0.15, -0.1) is 0 Å². The summed E-state index contributed by atoms with van der Waals surface area (Å²) in [4.78, 5) is 0. The maximum Gasteiger partial charge on any atom is 0.145 e. The maximum atomic E-state index is 14.2. The van der Waals surface area contributed by atoms with Gasteiger partial charge in [-0.3, -0.25) is 0 Å². The van der Waals surface area contributed by atoms with E-state index in [1.165, 1.54) is 6.07 Å². The van der Waals surface area contributed by atoms with Gasteiger partial charge in [-0.2, -0.15) is 5.26 Å². The quantitative estimate of drug-likeness (QED) is 0.800. The van der Waals surface area contributed by atoms with E-state index in [0.717, 1.165) is 16.5 Å². The lowest BCUT2D eigenvalue weighted by atomic mass is 10.1. The Morgan fingerprint density at radius 1 is 1.10 bits per heavy atom. The molecule has 0 atom stereocenters. The number of hydrogen-bond acceptors (Lipinski definition) is 2. The average Bonchev–Trinajstić information content (AvgIpc) is 2.87. The van der Waals surface area contributed by atoms with Gasteiger partial charge in [-0.05, 0) is 17.7 Å². The third kappa shape index (κ3) is 2.28. The highest BCUT2D eigenvalue weighted by atomic mass is 19.1. The van der Waals surface area contributed by atoms with Crippen LogP contribution < -0.4 is 5.73 Å². The van der Waals surface area contributed by atoms with Crippen molar-refractivity contribution in [1.29, 1.82) is 5.26 Å². The summed E-state index contributed by atoms with van der Waals surface area (Å²) in [5.41, 5.74) is 8.38. The van der Waals surface area contributed by atoms with Crippen molar-refractivity contribution in [3.05, 3.63) is 71.2 Å². The van der Waals surface area contributed by atoms with Crippen LogP contribution in [0.4, 0.5) is 4.39 Å². The van der Waals surface area contributed by atoms with Crippen LogP contribution in [0.2, 0.25) is 0 Å². The lowest BCUT2D eigenvalue weighted by molar-refractivity contribution is 0.598. The predicted molar refractivity (Wildman–Crippen MR) is 80.0 cm³/mol. The number of hydrogen-bond donors (Lipinski definition) is 1. The molecule has 0 aliphatic carbocycles. The van der Waals surface area contributed by atoms with E-state index >= 15 is 0 Å². The van der Waals surface area contributed by atoms with Crippen molar-refractivity contribution in [3.8, 4) is 6.07 Å². The Hall–Kier alpha value is -2.64. The van der Waals surface area contributed by atoms with Gasteiger partial charge in [0.2, 0.25) is 0 Å². The smallest absolute Gasteiger partial charge is 0.145 e. The molecule has 2 aromatic carbocycles. The molecule has 0 aliphatic heterocycles. The number of benzene rings is 2. The van der Waals surface area contributed by atoms with Gasteiger partial charge >= 0.3 is 0 Å². The van der Waals surface area contributed by atoms with Gasteiger partial charge in [0, 0.05) is 29.2 Å². The summed E-state index contributed by atoms with van der Waals surface area (Å²) in [5.74, 6) is -0.452. The van der Waals surface area contributed by atoms with Gasteiger partial charge in [0.15, 0.2) is 0 Å². The molecule has 0 unspecified atom stereocenters. The molecule has 3 aromatic rings. The summed E-state index contributed by atoms with van der Waals surface area (Å²) in [6.45, 7) is 0.816. The lowest BCUT2D eigenvalue weighted by Gasteiger charge is -2.07. The number of fused-ring (bicyclic) bond motifs is 1. The highest BCUT2D eigenvalue weighted by Crippen LogP contribution is 2.23. The summed E-state index contributed by atoms with van der Waals surface area (Å²) in [5, 5.41) is 9.99. The van der Waals surface area contributed by atoms with Crippen LogP contribution in [0, 0.1) is 17.1 Å². The fraction of sp³-hybridized carbons (Fsp3) is 0.118.